The van der Waals surface area contributed by atoms with E-state index in [0.717, 1.165) is 17.7 Å². The van der Waals surface area contributed by atoms with E-state index in [-0.39, 0.29) is 30.0 Å². The van der Waals surface area contributed by atoms with Gasteiger partial charge in [-0.25, -0.2) is 8.42 Å². The van der Waals surface area contributed by atoms with E-state index < -0.39 is 15.9 Å². The van der Waals surface area contributed by atoms with E-state index in [4.69, 9.17) is 16.3 Å². The maximum absolute atomic E-state index is 13.0. The van der Waals surface area contributed by atoms with Gasteiger partial charge in [-0.3, -0.25) is 9.69 Å². The molecule has 0 unspecified atom stereocenters. The molecule has 1 amide bonds. The molecule has 0 saturated carbocycles. The molecule has 2 heterocycles. The van der Waals surface area contributed by atoms with Gasteiger partial charge in [-0.2, -0.15) is 0 Å². The number of fused-ring (bicyclic) bond motifs is 1. The summed E-state index contributed by atoms with van der Waals surface area (Å²) in [4.78, 5) is 16.6. The SMILES string of the molecule is COc1ccc(CCN2CC(=O)N(c3cccc(Cl)c3)[C@@H]3CS(=O)(=O)C[C@H]32)cc1. The lowest BCUT2D eigenvalue weighted by molar-refractivity contribution is -0.123. The van der Waals surface area contributed by atoms with Crippen molar-refractivity contribution in [1.82, 2.24) is 4.90 Å². The minimum Gasteiger partial charge on any atom is -0.497 e. The number of ether oxygens (including phenoxy) is 1. The molecule has 8 heteroatoms. The van der Waals surface area contributed by atoms with E-state index in [2.05, 4.69) is 0 Å². The number of carbonyl (C=O) groups excluding carboxylic acids is 1. The second kappa shape index (κ2) is 7.97. The summed E-state index contributed by atoms with van der Waals surface area (Å²) < 4.78 is 30.0. The molecule has 0 aliphatic carbocycles. The lowest BCUT2D eigenvalue weighted by atomic mass is 10.0. The molecule has 0 spiro atoms. The van der Waals surface area contributed by atoms with Crippen LogP contribution in [0.5, 0.6) is 5.75 Å². The highest BCUT2D eigenvalue weighted by Crippen LogP contribution is 2.32. The Hall–Kier alpha value is -2.09. The summed E-state index contributed by atoms with van der Waals surface area (Å²) >= 11 is 6.10. The Bertz CT molecular complexity index is 1010. The Morgan fingerprint density at radius 2 is 1.83 bits per heavy atom. The molecular weight excluding hydrogens is 412 g/mol. The molecule has 2 fully saturated rings. The van der Waals surface area contributed by atoms with Gasteiger partial charge >= 0.3 is 0 Å². The van der Waals surface area contributed by atoms with Crippen molar-refractivity contribution in [2.24, 2.45) is 0 Å². The van der Waals surface area contributed by atoms with Crippen LogP contribution in [-0.4, -0.2) is 63.0 Å². The topological polar surface area (TPSA) is 66.9 Å². The number of amides is 1. The number of nitrogens with zero attached hydrogens (tertiary/aromatic N) is 2. The van der Waals surface area contributed by atoms with Crippen molar-refractivity contribution in [3.63, 3.8) is 0 Å². The van der Waals surface area contributed by atoms with Crippen LogP contribution in [0, 0.1) is 0 Å². The summed E-state index contributed by atoms with van der Waals surface area (Å²) in [6.45, 7) is 0.817. The number of benzene rings is 2. The van der Waals surface area contributed by atoms with Crippen LogP contribution in [-0.2, 0) is 21.1 Å². The summed E-state index contributed by atoms with van der Waals surface area (Å²) in [7, 11) is -1.59. The Balaban J connectivity index is 1.55. The molecule has 2 saturated heterocycles. The zero-order valence-electron chi connectivity index (χ0n) is 16.1. The molecule has 2 aliphatic heterocycles. The van der Waals surface area contributed by atoms with Gasteiger partial charge in [0.1, 0.15) is 5.75 Å². The first-order chi connectivity index (χ1) is 13.9. The average Bonchev–Trinajstić information content (AvgIpc) is 3.01. The van der Waals surface area contributed by atoms with Gasteiger partial charge in [-0.15, -0.1) is 0 Å². The molecular formula is C21H23ClN2O4S. The van der Waals surface area contributed by atoms with E-state index in [1.165, 1.54) is 0 Å². The van der Waals surface area contributed by atoms with E-state index in [1.54, 1.807) is 36.3 Å². The summed E-state index contributed by atoms with van der Waals surface area (Å²) in [5.74, 6) is 0.751. The molecule has 4 rings (SSSR count). The standard InChI is InChI=1S/C21H23ClN2O4S/c1-28-18-7-5-15(6-8-18)9-10-23-12-21(25)24(17-4-2-3-16(22)11-17)20-14-29(26,27)13-19(20)23/h2-8,11,19-20H,9-10,12-14H2,1H3/t19-,20-/m1/s1. The molecule has 2 aromatic rings. The number of halogens is 1. The highest BCUT2D eigenvalue weighted by atomic mass is 35.5. The Labute approximate surface area is 175 Å². The van der Waals surface area contributed by atoms with Gasteiger partial charge in [-0.05, 0) is 42.3 Å². The van der Waals surface area contributed by atoms with Crippen LogP contribution in [0.1, 0.15) is 5.56 Å². The second-order valence-electron chi connectivity index (χ2n) is 7.52. The number of rotatable bonds is 5. The van der Waals surface area contributed by atoms with E-state index >= 15 is 0 Å². The van der Waals surface area contributed by atoms with Crippen molar-refractivity contribution in [3.05, 3.63) is 59.1 Å². The lowest BCUT2D eigenvalue weighted by Crippen LogP contribution is -2.62. The van der Waals surface area contributed by atoms with Gasteiger partial charge in [0.05, 0.1) is 31.2 Å². The number of hydrogen-bond acceptors (Lipinski definition) is 5. The van der Waals surface area contributed by atoms with Crippen molar-refractivity contribution >= 4 is 33.0 Å². The van der Waals surface area contributed by atoms with Gasteiger partial charge in [0.2, 0.25) is 5.91 Å². The van der Waals surface area contributed by atoms with Crippen LogP contribution in [0.2, 0.25) is 5.02 Å². The molecule has 0 bridgehead atoms. The van der Waals surface area contributed by atoms with Crippen LogP contribution in [0.4, 0.5) is 5.69 Å². The molecule has 29 heavy (non-hydrogen) atoms. The van der Waals surface area contributed by atoms with Gasteiger partial charge in [0.25, 0.3) is 0 Å². The normalized spacial score (nSPS) is 23.8. The molecule has 2 atom stereocenters. The second-order valence-corrected chi connectivity index (χ2v) is 10.1. The fourth-order valence-electron chi connectivity index (χ4n) is 4.23. The molecule has 2 aliphatic rings. The third-order valence-corrected chi connectivity index (χ3v) is 7.57. The number of hydrogen-bond donors (Lipinski definition) is 0. The molecule has 0 N–H and O–H groups in total. The Morgan fingerprint density at radius 1 is 1.10 bits per heavy atom. The van der Waals surface area contributed by atoms with Crippen LogP contribution in [0.3, 0.4) is 0 Å². The monoisotopic (exact) mass is 434 g/mol. The molecule has 0 aromatic heterocycles. The van der Waals surface area contributed by atoms with Crippen LogP contribution in [0.25, 0.3) is 0 Å². The third-order valence-electron chi connectivity index (χ3n) is 5.63. The third kappa shape index (κ3) is 4.27. The minimum atomic E-state index is -3.21. The van der Waals surface area contributed by atoms with Crippen molar-refractivity contribution in [2.45, 2.75) is 18.5 Å². The summed E-state index contributed by atoms with van der Waals surface area (Å²) in [5, 5.41) is 0.523. The number of piperazine rings is 1. The quantitative estimate of drug-likeness (QED) is 0.723. The number of sulfone groups is 1. The molecule has 2 aromatic carbocycles. The van der Waals surface area contributed by atoms with Crippen molar-refractivity contribution < 1.29 is 17.9 Å². The summed E-state index contributed by atoms with van der Waals surface area (Å²) in [5.41, 5.74) is 1.78. The Morgan fingerprint density at radius 3 is 2.52 bits per heavy atom. The van der Waals surface area contributed by atoms with Crippen molar-refractivity contribution in [2.75, 3.05) is 36.6 Å². The van der Waals surface area contributed by atoms with E-state index in [9.17, 15) is 13.2 Å². The van der Waals surface area contributed by atoms with E-state index in [1.807, 2.05) is 29.2 Å². The van der Waals surface area contributed by atoms with E-state index in [0.29, 0.717) is 17.3 Å². The minimum absolute atomic E-state index is 0.0189. The van der Waals surface area contributed by atoms with Gasteiger partial charge in [-0.1, -0.05) is 29.8 Å². The predicted molar refractivity (Wildman–Crippen MR) is 113 cm³/mol. The first kappa shape index (κ1) is 20.2. The van der Waals surface area contributed by atoms with Gasteiger partial charge in [0.15, 0.2) is 9.84 Å². The van der Waals surface area contributed by atoms with Crippen LogP contribution < -0.4 is 9.64 Å². The molecule has 154 valence electrons. The van der Waals surface area contributed by atoms with Crippen molar-refractivity contribution in [1.29, 1.82) is 0 Å². The first-order valence-corrected chi connectivity index (χ1v) is 11.7. The number of anilines is 1. The van der Waals surface area contributed by atoms with Crippen LogP contribution in [0.15, 0.2) is 48.5 Å². The number of methoxy groups -OCH3 is 1. The molecule has 6 nitrogen and oxygen atoms in total. The fraction of sp³-hybridized carbons (Fsp3) is 0.381. The number of carbonyl (C=O) groups is 1. The fourth-order valence-corrected chi connectivity index (χ4v) is 6.39. The first-order valence-electron chi connectivity index (χ1n) is 9.51. The lowest BCUT2D eigenvalue weighted by Gasteiger charge is -2.43. The Kier molecular flexibility index (Phi) is 5.55. The maximum atomic E-state index is 13.0. The summed E-state index contributed by atoms with van der Waals surface area (Å²) in [6.07, 6.45) is 0.734. The largest absolute Gasteiger partial charge is 0.497 e. The van der Waals surface area contributed by atoms with Gasteiger partial charge in [0, 0.05) is 23.3 Å². The highest BCUT2D eigenvalue weighted by Gasteiger charge is 2.49. The zero-order chi connectivity index (χ0) is 20.6. The smallest absolute Gasteiger partial charge is 0.241 e. The van der Waals surface area contributed by atoms with Crippen LogP contribution >= 0.6 is 11.6 Å². The van der Waals surface area contributed by atoms with Gasteiger partial charge < -0.3 is 9.64 Å². The van der Waals surface area contributed by atoms with Crippen molar-refractivity contribution in [3.8, 4) is 5.75 Å². The summed E-state index contributed by atoms with van der Waals surface area (Å²) in [6, 6.07) is 14.2. The average molecular weight is 435 g/mol. The molecule has 0 radical (unpaired) electrons. The highest BCUT2D eigenvalue weighted by molar-refractivity contribution is 7.91. The maximum Gasteiger partial charge on any atom is 0.241 e. The predicted octanol–water partition coefficient (Wildman–Crippen LogP) is 2.41. The zero-order valence-corrected chi connectivity index (χ0v) is 17.7.